The van der Waals surface area contributed by atoms with Gasteiger partial charge in [-0.2, -0.15) is 4.31 Å². The van der Waals surface area contributed by atoms with Crippen molar-refractivity contribution in [3.05, 3.63) is 42.2 Å². The van der Waals surface area contributed by atoms with Crippen LogP contribution in [0.25, 0.3) is 0 Å². The molecule has 0 aliphatic heterocycles. The van der Waals surface area contributed by atoms with Crippen LogP contribution in [0.3, 0.4) is 0 Å². The Morgan fingerprint density at radius 3 is 2.67 bits per heavy atom. The van der Waals surface area contributed by atoms with Crippen molar-refractivity contribution in [1.82, 2.24) is 9.62 Å². The van der Waals surface area contributed by atoms with Gasteiger partial charge in [-0.3, -0.25) is 0 Å². The molecule has 0 saturated carbocycles. The van der Waals surface area contributed by atoms with Gasteiger partial charge in [0.2, 0.25) is 10.0 Å². The SMILES string of the molecule is C=CCN(CC)S(=O)(=O)c1ccc(F)c(CNCCC)c1. The molecule has 0 radical (unpaired) electrons. The third-order valence-corrected chi connectivity index (χ3v) is 5.02. The van der Waals surface area contributed by atoms with E-state index in [1.54, 1.807) is 6.92 Å². The van der Waals surface area contributed by atoms with Crippen LogP contribution in [0.2, 0.25) is 0 Å². The topological polar surface area (TPSA) is 49.4 Å². The van der Waals surface area contributed by atoms with Crippen molar-refractivity contribution in [2.24, 2.45) is 0 Å². The summed E-state index contributed by atoms with van der Waals surface area (Å²) in [5.74, 6) is -0.399. The average molecular weight is 314 g/mol. The fraction of sp³-hybridized carbons (Fsp3) is 0.467. The lowest BCUT2D eigenvalue weighted by Gasteiger charge is -2.19. The molecule has 0 unspecified atom stereocenters. The molecule has 1 rings (SSSR count). The molecule has 0 atom stereocenters. The maximum absolute atomic E-state index is 13.8. The predicted molar refractivity (Wildman–Crippen MR) is 83.0 cm³/mol. The number of hydrogen-bond acceptors (Lipinski definition) is 3. The maximum Gasteiger partial charge on any atom is 0.243 e. The highest BCUT2D eigenvalue weighted by Crippen LogP contribution is 2.19. The Hall–Kier alpha value is -1.24. The van der Waals surface area contributed by atoms with E-state index in [4.69, 9.17) is 0 Å². The van der Waals surface area contributed by atoms with Crippen LogP contribution in [0.15, 0.2) is 35.7 Å². The van der Waals surface area contributed by atoms with Gasteiger partial charge in [-0.15, -0.1) is 6.58 Å². The summed E-state index contributed by atoms with van der Waals surface area (Å²) in [5.41, 5.74) is 0.360. The van der Waals surface area contributed by atoms with E-state index < -0.39 is 15.8 Å². The molecule has 0 aliphatic rings. The van der Waals surface area contributed by atoms with Gasteiger partial charge in [0.25, 0.3) is 0 Å². The minimum Gasteiger partial charge on any atom is -0.313 e. The van der Waals surface area contributed by atoms with E-state index in [0.29, 0.717) is 18.7 Å². The van der Waals surface area contributed by atoms with E-state index in [0.717, 1.165) is 13.0 Å². The van der Waals surface area contributed by atoms with E-state index in [2.05, 4.69) is 11.9 Å². The number of likely N-dealkylation sites (N-methyl/N-ethyl adjacent to an activating group) is 1. The highest BCUT2D eigenvalue weighted by Gasteiger charge is 2.22. The molecule has 1 aromatic rings. The van der Waals surface area contributed by atoms with Crippen molar-refractivity contribution in [2.45, 2.75) is 31.7 Å². The van der Waals surface area contributed by atoms with E-state index in [1.807, 2.05) is 6.92 Å². The minimum atomic E-state index is -3.62. The minimum absolute atomic E-state index is 0.112. The number of nitrogens with one attached hydrogen (secondary N) is 1. The van der Waals surface area contributed by atoms with Crippen molar-refractivity contribution in [1.29, 1.82) is 0 Å². The average Bonchev–Trinajstić information content (AvgIpc) is 2.46. The quantitative estimate of drug-likeness (QED) is 0.563. The highest BCUT2D eigenvalue weighted by molar-refractivity contribution is 7.89. The summed E-state index contributed by atoms with van der Waals surface area (Å²) in [4.78, 5) is 0.112. The Balaban J connectivity index is 3.07. The summed E-state index contributed by atoms with van der Waals surface area (Å²) in [6.07, 6.45) is 2.47. The van der Waals surface area contributed by atoms with E-state index in [-0.39, 0.29) is 11.4 Å². The second-order valence-electron chi connectivity index (χ2n) is 4.67. The molecule has 1 N–H and O–H groups in total. The first kappa shape index (κ1) is 17.8. The lowest BCUT2D eigenvalue weighted by atomic mass is 10.2. The van der Waals surface area contributed by atoms with E-state index in [1.165, 1.54) is 28.6 Å². The normalized spacial score (nSPS) is 11.8. The number of halogens is 1. The van der Waals surface area contributed by atoms with Crippen LogP contribution in [-0.2, 0) is 16.6 Å². The summed E-state index contributed by atoms with van der Waals surface area (Å²) < 4.78 is 40.0. The number of benzene rings is 1. The maximum atomic E-state index is 13.8. The highest BCUT2D eigenvalue weighted by atomic mass is 32.2. The Morgan fingerprint density at radius 1 is 1.38 bits per heavy atom. The molecular formula is C15H23FN2O2S. The van der Waals surface area contributed by atoms with Gasteiger partial charge in [-0.25, -0.2) is 12.8 Å². The summed E-state index contributed by atoms with van der Waals surface area (Å²) in [6, 6.07) is 3.91. The van der Waals surface area contributed by atoms with Gasteiger partial charge in [-0.1, -0.05) is 19.9 Å². The lowest BCUT2D eigenvalue weighted by Crippen LogP contribution is -2.31. The lowest BCUT2D eigenvalue weighted by molar-refractivity contribution is 0.459. The molecule has 6 heteroatoms. The third kappa shape index (κ3) is 4.62. The van der Waals surface area contributed by atoms with Gasteiger partial charge in [0.1, 0.15) is 5.82 Å². The smallest absolute Gasteiger partial charge is 0.243 e. The fourth-order valence-corrected chi connectivity index (χ4v) is 3.41. The second kappa shape index (κ2) is 8.26. The number of rotatable bonds is 9. The van der Waals surface area contributed by atoms with Crippen LogP contribution in [0, 0.1) is 5.82 Å². The Morgan fingerprint density at radius 2 is 2.10 bits per heavy atom. The summed E-state index contributed by atoms with van der Waals surface area (Å²) in [5, 5.41) is 3.07. The molecule has 1 aromatic carbocycles. The van der Waals surface area contributed by atoms with Crippen LogP contribution in [0.5, 0.6) is 0 Å². The summed E-state index contributed by atoms with van der Waals surface area (Å²) in [7, 11) is -3.62. The van der Waals surface area contributed by atoms with Gasteiger partial charge < -0.3 is 5.32 Å². The van der Waals surface area contributed by atoms with E-state index in [9.17, 15) is 12.8 Å². The van der Waals surface area contributed by atoms with Gasteiger partial charge in [0, 0.05) is 25.2 Å². The van der Waals surface area contributed by atoms with Crippen molar-refractivity contribution in [3.63, 3.8) is 0 Å². The summed E-state index contributed by atoms with van der Waals surface area (Å²) in [6.45, 7) is 8.98. The second-order valence-corrected chi connectivity index (χ2v) is 6.61. The first-order valence-electron chi connectivity index (χ1n) is 7.07. The summed E-state index contributed by atoms with van der Waals surface area (Å²) >= 11 is 0. The van der Waals surface area contributed by atoms with Gasteiger partial charge in [-0.05, 0) is 31.2 Å². The van der Waals surface area contributed by atoms with Crippen molar-refractivity contribution in [2.75, 3.05) is 19.6 Å². The molecule has 0 bridgehead atoms. The van der Waals surface area contributed by atoms with Crippen LogP contribution >= 0.6 is 0 Å². The van der Waals surface area contributed by atoms with Gasteiger partial charge in [0.15, 0.2) is 0 Å². The van der Waals surface area contributed by atoms with Crippen molar-refractivity contribution in [3.8, 4) is 0 Å². The van der Waals surface area contributed by atoms with Gasteiger partial charge in [0.05, 0.1) is 4.90 Å². The van der Waals surface area contributed by atoms with Crippen molar-refractivity contribution < 1.29 is 12.8 Å². The monoisotopic (exact) mass is 314 g/mol. The molecule has 0 aliphatic carbocycles. The molecule has 0 spiro atoms. The molecular weight excluding hydrogens is 291 g/mol. The van der Waals surface area contributed by atoms with Crippen LogP contribution in [0.1, 0.15) is 25.8 Å². The molecule has 0 heterocycles. The molecule has 0 aromatic heterocycles. The Bertz CT molecular complexity index is 573. The zero-order valence-corrected chi connectivity index (χ0v) is 13.4. The van der Waals surface area contributed by atoms with Gasteiger partial charge >= 0.3 is 0 Å². The molecule has 4 nitrogen and oxygen atoms in total. The number of hydrogen-bond donors (Lipinski definition) is 1. The first-order valence-corrected chi connectivity index (χ1v) is 8.51. The van der Waals surface area contributed by atoms with E-state index >= 15 is 0 Å². The molecule has 21 heavy (non-hydrogen) atoms. The number of nitrogens with zero attached hydrogens (tertiary/aromatic N) is 1. The number of sulfonamides is 1. The Labute approximate surface area is 126 Å². The molecule has 0 amide bonds. The Kier molecular flexibility index (Phi) is 7.01. The largest absolute Gasteiger partial charge is 0.313 e. The standard InChI is InChI=1S/C15H23FN2O2S/c1-4-9-17-12-13-11-14(7-8-15(13)16)21(19,20)18(6-3)10-5-2/h5,7-8,11,17H,2,4,6,9-10,12H2,1,3H3. The van der Waals surface area contributed by atoms with Crippen LogP contribution in [0.4, 0.5) is 4.39 Å². The van der Waals surface area contributed by atoms with Crippen molar-refractivity contribution >= 4 is 10.0 Å². The predicted octanol–water partition coefficient (Wildman–Crippen LogP) is 2.52. The molecule has 118 valence electrons. The molecule has 0 fully saturated rings. The van der Waals surface area contributed by atoms with Crippen LogP contribution in [-0.4, -0.2) is 32.4 Å². The zero-order valence-electron chi connectivity index (χ0n) is 12.6. The van der Waals surface area contributed by atoms with Crippen LogP contribution < -0.4 is 5.32 Å². The third-order valence-electron chi connectivity index (χ3n) is 3.08. The first-order chi connectivity index (χ1) is 9.97. The zero-order chi connectivity index (χ0) is 15.9. The fourth-order valence-electron chi connectivity index (χ4n) is 1.94. The molecule has 0 saturated heterocycles.